The summed E-state index contributed by atoms with van der Waals surface area (Å²) in [4.78, 5) is 0.0932. The monoisotopic (exact) mass is 347 g/mol. The SMILES string of the molecule is C#CC(C)NS(=O)(=O)c1ccc(C#N)cc1NCC1CCOCC1. The molecule has 1 aromatic carbocycles. The van der Waals surface area contributed by atoms with E-state index in [9.17, 15) is 8.42 Å². The molecule has 1 aromatic rings. The molecular weight excluding hydrogens is 326 g/mol. The average molecular weight is 347 g/mol. The van der Waals surface area contributed by atoms with Crippen LogP contribution in [-0.4, -0.2) is 34.2 Å². The van der Waals surface area contributed by atoms with Gasteiger partial charge in [-0.3, -0.25) is 0 Å². The van der Waals surface area contributed by atoms with Gasteiger partial charge >= 0.3 is 0 Å². The van der Waals surface area contributed by atoms with Crippen molar-refractivity contribution in [3.8, 4) is 18.4 Å². The number of terminal acetylenes is 1. The van der Waals surface area contributed by atoms with Crippen molar-refractivity contribution in [3.05, 3.63) is 23.8 Å². The van der Waals surface area contributed by atoms with E-state index >= 15 is 0 Å². The number of sulfonamides is 1. The Labute approximate surface area is 143 Å². The summed E-state index contributed by atoms with van der Waals surface area (Å²) in [6.07, 6.45) is 7.11. The standard InChI is InChI=1S/C17H21N3O3S/c1-3-13(2)20-24(21,22)17-5-4-15(11-18)10-16(17)19-12-14-6-8-23-9-7-14/h1,4-5,10,13-14,19-20H,6-9,12H2,2H3. The molecule has 2 rings (SSSR count). The summed E-state index contributed by atoms with van der Waals surface area (Å²) in [6.45, 7) is 3.66. The van der Waals surface area contributed by atoms with Gasteiger partial charge in [0.15, 0.2) is 0 Å². The van der Waals surface area contributed by atoms with Crippen molar-refractivity contribution >= 4 is 15.7 Å². The van der Waals surface area contributed by atoms with Gasteiger partial charge in [0, 0.05) is 19.8 Å². The average Bonchev–Trinajstić information content (AvgIpc) is 2.60. The minimum absolute atomic E-state index is 0.0932. The van der Waals surface area contributed by atoms with Crippen LogP contribution in [-0.2, 0) is 14.8 Å². The Morgan fingerprint density at radius 2 is 2.12 bits per heavy atom. The number of nitriles is 1. The zero-order valence-corrected chi connectivity index (χ0v) is 14.4. The van der Waals surface area contributed by atoms with Crippen LogP contribution in [0.1, 0.15) is 25.3 Å². The highest BCUT2D eigenvalue weighted by Gasteiger charge is 2.22. The molecule has 6 nitrogen and oxygen atoms in total. The fraction of sp³-hybridized carbons (Fsp3) is 0.471. The third-order valence-electron chi connectivity index (χ3n) is 3.90. The number of rotatable bonds is 6. The molecule has 1 fully saturated rings. The third kappa shape index (κ3) is 4.72. The lowest BCUT2D eigenvalue weighted by Gasteiger charge is -2.23. The number of hydrogen-bond acceptors (Lipinski definition) is 5. The molecule has 1 aliphatic heterocycles. The van der Waals surface area contributed by atoms with Crippen LogP contribution in [0.15, 0.2) is 23.1 Å². The molecule has 0 saturated carbocycles. The summed E-state index contributed by atoms with van der Waals surface area (Å²) in [7, 11) is -3.77. The first-order valence-corrected chi connectivity index (χ1v) is 9.29. The Balaban J connectivity index is 2.24. The first kappa shape index (κ1) is 18.3. The van der Waals surface area contributed by atoms with Crippen LogP contribution in [0.3, 0.4) is 0 Å². The van der Waals surface area contributed by atoms with Gasteiger partial charge in [-0.25, -0.2) is 8.42 Å². The quantitative estimate of drug-likeness (QED) is 0.764. The van der Waals surface area contributed by atoms with Gasteiger partial charge in [0.2, 0.25) is 10.0 Å². The first-order valence-electron chi connectivity index (χ1n) is 7.80. The van der Waals surface area contributed by atoms with Crippen molar-refractivity contribution < 1.29 is 13.2 Å². The van der Waals surface area contributed by atoms with E-state index in [2.05, 4.69) is 16.0 Å². The van der Waals surface area contributed by atoms with E-state index in [1.807, 2.05) is 6.07 Å². The van der Waals surface area contributed by atoms with Crippen LogP contribution in [0.5, 0.6) is 0 Å². The second kappa shape index (κ2) is 8.16. The van der Waals surface area contributed by atoms with Crippen molar-refractivity contribution in [2.24, 2.45) is 5.92 Å². The zero-order valence-electron chi connectivity index (χ0n) is 13.6. The molecule has 1 saturated heterocycles. The van der Waals surface area contributed by atoms with Gasteiger partial charge in [-0.1, -0.05) is 5.92 Å². The highest BCUT2D eigenvalue weighted by molar-refractivity contribution is 7.89. The predicted molar refractivity (Wildman–Crippen MR) is 91.8 cm³/mol. The lowest BCUT2D eigenvalue weighted by molar-refractivity contribution is 0.0699. The molecule has 1 atom stereocenters. The number of ether oxygens (including phenoxy) is 1. The van der Waals surface area contributed by atoms with Crippen LogP contribution in [0.2, 0.25) is 0 Å². The molecule has 0 radical (unpaired) electrons. The van der Waals surface area contributed by atoms with E-state index in [1.54, 1.807) is 13.0 Å². The second-order valence-electron chi connectivity index (χ2n) is 5.77. The molecule has 0 bridgehead atoms. The number of benzene rings is 1. The van der Waals surface area contributed by atoms with Gasteiger partial charge in [-0.2, -0.15) is 9.98 Å². The summed E-state index contributed by atoms with van der Waals surface area (Å²) in [5, 5.41) is 12.2. The van der Waals surface area contributed by atoms with E-state index in [0.717, 1.165) is 26.1 Å². The second-order valence-corrected chi connectivity index (χ2v) is 7.45. The van der Waals surface area contributed by atoms with Crippen LogP contribution in [0, 0.1) is 29.6 Å². The topological polar surface area (TPSA) is 91.2 Å². The highest BCUT2D eigenvalue weighted by Crippen LogP contribution is 2.24. The number of nitrogens with one attached hydrogen (secondary N) is 2. The van der Waals surface area contributed by atoms with Gasteiger partial charge in [-0.05, 0) is 43.9 Å². The molecule has 1 unspecified atom stereocenters. The van der Waals surface area contributed by atoms with Crippen molar-refractivity contribution in [1.82, 2.24) is 4.72 Å². The highest BCUT2D eigenvalue weighted by atomic mass is 32.2. The number of nitrogens with zero attached hydrogens (tertiary/aromatic N) is 1. The maximum absolute atomic E-state index is 12.5. The van der Waals surface area contributed by atoms with Crippen molar-refractivity contribution in [2.75, 3.05) is 25.1 Å². The molecule has 1 heterocycles. The first-order chi connectivity index (χ1) is 11.5. The van der Waals surface area contributed by atoms with Crippen LogP contribution in [0.25, 0.3) is 0 Å². The fourth-order valence-electron chi connectivity index (χ4n) is 2.51. The molecule has 24 heavy (non-hydrogen) atoms. The summed E-state index contributed by atoms with van der Waals surface area (Å²) < 4.78 is 32.8. The molecule has 0 spiro atoms. The van der Waals surface area contributed by atoms with Crippen molar-refractivity contribution in [1.29, 1.82) is 5.26 Å². The Morgan fingerprint density at radius 1 is 1.42 bits per heavy atom. The third-order valence-corrected chi connectivity index (χ3v) is 5.50. The fourth-order valence-corrected chi connectivity index (χ4v) is 3.84. The largest absolute Gasteiger partial charge is 0.384 e. The maximum Gasteiger partial charge on any atom is 0.243 e. The Bertz CT molecular complexity index is 756. The number of hydrogen-bond donors (Lipinski definition) is 2. The van der Waals surface area contributed by atoms with Gasteiger partial charge < -0.3 is 10.1 Å². The van der Waals surface area contributed by atoms with E-state index in [-0.39, 0.29) is 4.90 Å². The Kier molecular flexibility index (Phi) is 6.22. The molecule has 7 heteroatoms. The van der Waals surface area contributed by atoms with E-state index < -0.39 is 16.1 Å². The van der Waals surface area contributed by atoms with Gasteiger partial charge in [0.1, 0.15) is 4.90 Å². The Morgan fingerprint density at radius 3 is 2.75 bits per heavy atom. The Hall–Kier alpha value is -2.06. The van der Waals surface area contributed by atoms with Crippen molar-refractivity contribution in [3.63, 3.8) is 0 Å². The van der Waals surface area contributed by atoms with Crippen LogP contribution < -0.4 is 10.0 Å². The molecule has 0 aromatic heterocycles. The van der Waals surface area contributed by atoms with Gasteiger partial charge in [0.25, 0.3) is 0 Å². The predicted octanol–water partition coefficient (Wildman–Crippen LogP) is 1.70. The van der Waals surface area contributed by atoms with Crippen LogP contribution in [0.4, 0.5) is 5.69 Å². The van der Waals surface area contributed by atoms with E-state index in [4.69, 9.17) is 16.4 Å². The number of anilines is 1. The lowest BCUT2D eigenvalue weighted by Crippen LogP contribution is -2.32. The normalized spacial score (nSPS) is 16.8. The van der Waals surface area contributed by atoms with Crippen molar-refractivity contribution in [2.45, 2.75) is 30.7 Å². The molecule has 128 valence electrons. The van der Waals surface area contributed by atoms with Gasteiger partial charge in [0.05, 0.1) is 23.4 Å². The van der Waals surface area contributed by atoms with E-state index in [1.165, 1.54) is 12.1 Å². The zero-order chi connectivity index (χ0) is 17.6. The molecule has 0 amide bonds. The van der Waals surface area contributed by atoms with E-state index in [0.29, 0.717) is 23.7 Å². The summed E-state index contributed by atoms with van der Waals surface area (Å²) in [5.41, 5.74) is 0.811. The summed E-state index contributed by atoms with van der Waals surface area (Å²) in [5.74, 6) is 2.75. The molecule has 2 N–H and O–H groups in total. The van der Waals surface area contributed by atoms with Gasteiger partial charge in [-0.15, -0.1) is 6.42 Å². The summed E-state index contributed by atoms with van der Waals surface area (Å²) in [6, 6.07) is 5.87. The minimum atomic E-state index is -3.77. The van der Waals surface area contributed by atoms with Crippen LogP contribution >= 0.6 is 0 Å². The molecule has 0 aliphatic carbocycles. The maximum atomic E-state index is 12.5. The molecule has 1 aliphatic rings. The molecular formula is C17H21N3O3S. The smallest absolute Gasteiger partial charge is 0.243 e. The lowest BCUT2D eigenvalue weighted by atomic mass is 10.0. The summed E-state index contributed by atoms with van der Waals surface area (Å²) >= 11 is 0. The minimum Gasteiger partial charge on any atom is -0.384 e.